The van der Waals surface area contributed by atoms with E-state index in [9.17, 15) is 4.79 Å². The third-order valence-corrected chi connectivity index (χ3v) is 3.48. The fourth-order valence-electron chi connectivity index (χ4n) is 2.65. The Morgan fingerprint density at radius 3 is 2.35 bits per heavy atom. The number of amides is 1. The Labute approximate surface area is 106 Å². The van der Waals surface area contributed by atoms with Gasteiger partial charge in [-0.05, 0) is 44.9 Å². The number of nitrogens with zero attached hydrogens (tertiary/aromatic N) is 1. The van der Waals surface area contributed by atoms with Gasteiger partial charge >= 0.3 is 6.09 Å². The number of carbonyl (C=O) groups excluding carboxylic acids is 1. The molecule has 0 aromatic rings. The molecule has 100 valence electrons. The van der Waals surface area contributed by atoms with Crippen molar-refractivity contribution < 1.29 is 9.53 Å². The first-order valence-corrected chi connectivity index (χ1v) is 6.68. The Bertz CT molecular complexity index is 268. The maximum Gasteiger partial charge on any atom is 0.410 e. The van der Waals surface area contributed by atoms with Gasteiger partial charge in [0.25, 0.3) is 0 Å². The SMILES string of the molecule is CC(C)C1CCN(C(=O)OC(C)(C)C)CC1C. The van der Waals surface area contributed by atoms with Gasteiger partial charge in [0.05, 0.1) is 0 Å². The maximum atomic E-state index is 11.9. The van der Waals surface area contributed by atoms with Gasteiger partial charge in [-0.1, -0.05) is 20.8 Å². The van der Waals surface area contributed by atoms with E-state index in [1.54, 1.807) is 0 Å². The molecule has 0 N–H and O–H groups in total. The van der Waals surface area contributed by atoms with E-state index in [1.165, 1.54) is 0 Å². The summed E-state index contributed by atoms with van der Waals surface area (Å²) in [7, 11) is 0. The predicted octanol–water partition coefficient (Wildman–Crippen LogP) is 3.54. The fourth-order valence-corrected chi connectivity index (χ4v) is 2.65. The average molecular weight is 241 g/mol. The zero-order valence-corrected chi connectivity index (χ0v) is 12.1. The summed E-state index contributed by atoms with van der Waals surface area (Å²) < 4.78 is 5.41. The molecule has 3 nitrogen and oxygen atoms in total. The normalized spacial score (nSPS) is 26.2. The molecule has 2 unspecified atom stereocenters. The molecule has 1 saturated heterocycles. The van der Waals surface area contributed by atoms with Crippen LogP contribution in [0, 0.1) is 17.8 Å². The number of hydrogen-bond donors (Lipinski definition) is 0. The summed E-state index contributed by atoms with van der Waals surface area (Å²) in [4.78, 5) is 13.8. The molecule has 1 heterocycles. The molecule has 0 aromatic heterocycles. The quantitative estimate of drug-likeness (QED) is 0.703. The highest BCUT2D eigenvalue weighted by Gasteiger charge is 2.32. The first-order valence-electron chi connectivity index (χ1n) is 6.68. The average Bonchev–Trinajstić information content (AvgIpc) is 2.14. The summed E-state index contributed by atoms with van der Waals surface area (Å²) in [6.45, 7) is 14.2. The highest BCUT2D eigenvalue weighted by molar-refractivity contribution is 5.68. The van der Waals surface area contributed by atoms with Gasteiger partial charge in [-0.25, -0.2) is 4.79 Å². The molecule has 0 spiro atoms. The van der Waals surface area contributed by atoms with Crippen LogP contribution in [-0.4, -0.2) is 29.7 Å². The van der Waals surface area contributed by atoms with Crippen molar-refractivity contribution in [3.8, 4) is 0 Å². The van der Waals surface area contributed by atoms with E-state index in [0.717, 1.165) is 25.4 Å². The first-order chi connectivity index (χ1) is 7.70. The molecular formula is C14H27NO2. The molecule has 0 saturated carbocycles. The van der Waals surface area contributed by atoms with Crippen molar-refractivity contribution in [2.24, 2.45) is 17.8 Å². The zero-order chi connectivity index (χ0) is 13.2. The molecule has 0 radical (unpaired) electrons. The summed E-state index contributed by atoms with van der Waals surface area (Å²) in [5.74, 6) is 2.00. The van der Waals surface area contributed by atoms with Crippen LogP contribution < -0.4 is 0 Å². The lowest BCUT2D eigenvalue weighted by atomic mass is 9.79. The maximum absolute atomic E-state index is 11.9. The fraction of sp³-hybridized carbons (Fsp3) is 0.929. The number of likely N-dealkylation sites (tertiary alicyclic amines) is 1. The minimum atomic E-state index is -0.394. The van der Waals surface area contributed by atoms with E-state index in [2.05, 4.69) is 20.8 Å². The molecule has 17 heavy (non-hydrogen) atoms. The number of carbonyl (C=O) groups is 1. The van der Waals surface area contributed by atoms with Gasteiger partial charge in [0, 0.05) is 13.1 Å². The Kier molecular flexibility index (Phi) is 4.45. The van der Waals surface area contributed by atoms with E-state index in [1.807, 2.05) is 25.7 Å². The molecule has 3 heteroatoms. The number of ether oxygens (including phenoxy) is 1. The highest BCUT2D eigenvalue weighted by Crippen LogP contribution is 2.30. The molecule has 0 aliphatic carbocycles. The molecule has 1 aliphatic rings. The molecular weight excluding hydrogens is 214 g/mol. The van der Waals surface area contributed by atoms with Crippen molar-refractivity contribution in [1.29, 1.82) is 0 Å². The van der Waals surface area contributed by atoms with Gasteiger partial charge in [-0.15, -0.1) is 0 Å². The van der Waals surface area contributed by atoms with Crippen LogP contribution in [0.15, 0.2) is 0 Å². The second-order valence-electron chi connectivity index (χ2n) is 6.60. The lowest BCUT2D eigenvalue weighted by Crippen LogP contribution is -2.46. The second-order valence-corrected chi connectivity index (χ2v) is 6.60. The van der Waals surface area contributed by atoms with Gasteiger partial charge < -0.3 is 9.64 Å². The van der Waals surface area contributed by atoms with E-state index in [0.29, 0.717) is 11.8 Å². The summed E-state index contributed by atoms with van der Waals surface area (Å²) in [5, 5.41) is 0. The lowest BCUT2D eigenvalue weighted by Gasteiger charge is -2.39. The van der Waals surface area contributed by atoms with E-state index < -0.39 is 5.60 Å². The Morgan fingerprint density at radius 2 is 1.94 bits per heavy atom. The van der Waals surface area contributed by atoms with Crippen molar-refractivity contribution in [2.75, 3.05) is 13.1 Å². The predicted molar refractivity (Wildman–Crippen MR) is 69.9 cm³/mol. The van der Waals surface area contributed by atoms with Gasteiger partial charge in [0.2, 0.25) is 0 Å². The summed E-state index contributed by atoms with van der Waals surface area (Å²) in [5.41, 5.74) is -0.394. The molecule has 1 aliphatic heterocycles. The van der Waals surface area contributed by atoms with Gasteiger partial charge in [0.15, 0.2) is 0 Å². The second kappa shape index (κ2) is 5.28. The summed E-state index contributed by atoms with van der Waals surface area (Å²) in [6.07, 6.45) is 0.935. The van der Waals surface area contributed by atoms with Gasteiger partial charge in [-0.2, -0.15) is 0 Å². The van der Waals surface area contributed by atoms with Crippen molar-refractivity contribution in [1.82, 2.24) is 4.90 Å². The summed E-state index contributed by atoms with van der Waals surface area (Å²) >= 11 is 0. The number of rotatable bonds is 1. The topological polar surface area (TPSA) is 29.5 Å². The summed E-state index contributed by atoms with van der Waals surface area (Å²) in [6, 6.07) is 0. The molecule has 1 rings (SSSR count). The van der Waals surface area contributed by atoms with Crippen LogP contribution >= 0.6 is 0 Å². The molecule has 2 atom stereocenters. The van der Waals surface area contributed by atoms with E-state index in [4.69, 9.17) is 4.74 Å². The Hall–Kier alpha value is -0.730. The van der Waals surface area contributed by atoms with Crippen LogP contribution in [-0.2, 0) is 4.74 Å². The van der Waals surface area contributed by atoms with E-state index in [-0.39, 0.29) is 6.09 Å². The Morgan fingerprint density at radius 1 is 1.35 bits per heavy atom. The van der Waals surface area contributed by atoms with Crippen LogP contribution in [0.5, 0.6) is 0 Å². The third-order valence-electron chi connectivity index (χ3n) is 3.48. The Balaban J connectivity index is 2.52. The number of hydrogen-bond acceptors (Lipinski definition) is 2. The van der Waals surface area contributed by atoms with Crippen molar-refractivity contribution in [2.45, 2.75) is 53.6 Å². The van der Waals surface area contributed by atoms with Crippen molar-refractivity contribution in [3.05, 3.63) is 0 Å². The minimum absolute atomic E-state index is 0.161. The van der Waals surface area contributed by atoms with Crippen molar-refractivity contribution in [3.63, 3.8) is 0 Å². The molecule has 1 amide bonds. The highest BCUT2D eigenvalue weighted by atomic mass is 16.6. The van der Waals surface area contributed by atoms with Crippen molar-refractivity contribution >= 4 is 6.09 Å². The largest absolute Gasteiger partial charge is 0.444 e. The van der Waals surface area contributed by atoms with Crippen LogP contribution in [0.4, 0.5) is 4.79 Å². The lowest BCUT2D eigenvalue weighted by molar-refractivity contribution is 0.00823. The van der Waals surface area contributed by atoms with Crippen LogP contribution in [0.2, 0.25) is 0 Å². The van der Waals surface area contributed by atoms with Gasteiger partial charge in [-0.3, -0.25) is 0 Å². The first kappa shape index (κ1) is 14.3. The monoisotopic (exact) mass is 241 g/mol. The van der Waals surface area contributed by atoms with Gasteiger partial charge in [0.1, 0.15) is 5.60 Å². The third kappa shape index (κ3) is 4.21. The number of piperidine rings is 1. The zero-order valence-electron chi connectivity index (χ0n) is 12.1. The van der Waals surface area contributed by atoms with Crippen LogP contribution in [0.25, 0.3) is 0 Å². The molecule has 0 bridgehead atoms. The smallest absolute Gasteiger partial charge is 0.410 e. The standard InChI is InChI=1S/C14H27NO2/c1-10(2)12-7-8-15(9-11(12)3)13(16)17-14(4,5)6/h10-12H,7-9H2,1-6H3. The van der Waals surface area contributed by atoms with Crippen LogP contribution in [0.3, 0.4) is 0 Å². The minimum Gasteiger partial charge on any atom is -0.444 e. The molecule has 1 fully saturated rings. The van der Waals surface area contributed by atoms with E-state index >= 15 is 0 Å². The molecule has 0 aromatic carbocycles. The van der Waals surface area contributed by atoms with Crippen LogP contribution in [0.1, 0.15) is 48.0 Å².